The van der Waals surface area contributed by atoms with Gasteiger partial charge in [0.1, 0.15) is 0 Å². The molecule has 1 aromatic heterocycles. The van der Waals surface area contributed by atoms with Crippen molar-refractivity contribution in [1.29, 1.82) is 0 Å². The van der Waals surface area contributed by atoms with Crippen molar-refractivity contribution in [2.24, 2.45) is 0 Å². The largest absolute Gasteiger partial charge is 0.258 e. The Labute approximate surface area is 93.9 Å². The number of nitrogens with zero attached hydrogens (tertiary/aromatic N) is 1. The van der Waals surface area contributed by atoms with Crippen LogP contribution in [-0.2, 0) is 12.8 Å². The predicted molar refractivity (Wildman–Crippen MR) is 66.2 cm³/mol. The van der Waals surface area contributed by atoms with Gasteiger partial charge in [-0.2, -0.15) is 0 Å². The predicted octanol–water partition coefficient (Wildman–Crippen LogP) is 4.08. The summed E-state index contributed by atoms with van der Waals surface area (Å²) in [4.78, 5) is 4.58. The van der Waals surface area contributed by atoms with Gasteiger partial charge >= 0.3 is 0 Å². The van der Waals surface area contributed by atoms with Crippen LogP contribution < -0.4 is 0 Å². The Morgan fingerprint density at radius 3 is 2.33 bits per heavy atom. The second-order valence-electron chi connectivity index (χ2n) is 4.32. The summed E-state index contributed by atoms with van der Waals surface area (Å²) < 4.78 is 0. The number of aromatic nitrogens is 1. The number of unbranched alkanes of at least 4 members (excludes halogenated alkanes) is 2. The quantitative estimate of drug-likeness (QED) is 0.682. The van der Waals surface area contributed by atoms with Gasteiger partial charge < -0.3 is 0 Å². The minimum atomic E-state index is 1.14. The van der Waals surface area contributed by atoms with Crippen molar-refractivity contribution in [1.82, 2.24) is 4.98 Å². The van der Waals surface area contributed by atoms with E-state index in [9.17, 15) is 0 Å². The molecule has 1 heteroatoms. The van der Waals surface area contributed by atoms with E-state index >= 15 is 0 Å². The summed E-state index contributed by atoms with van der Waals surface area (Å²) in [5.74, 6) is 0. The summed E-state index contributed by atoms with van der Waals surface area (Å²) >= 11 is 0. The van der Waals surface area contributed by atoms with Gasteiger partial charge in [-0.3, -0.25) is 4.98 Å². The molecule has 1 nitrogen and oxygen atoms in total. The summed E-state index contributed by atoms with van der Waals surface area (Å²) in [5, 5.41) is 0. The lowest BCUT2D eigenvalue weighted by Gasteiger charge is -2.06. The van der Waals surface area contributed by atoms with Gasteiger partial charge in [-0.25, -0.2) is 0 Å². The van der Waals surface area contributed by atoms with Crippen LogP contribution in [0.2, 0.25) is 0 Å². The van der Waals surface area contributed by atoms with E-state index in [0.29, 0.717) is 0 Å². The Kier molecular flexibility index (Phi) is 5.38. The summed E-state index contributed by atoms with van der Waals surface area (Å²) in [5.41, 5.74) is 3.92. The molecule has 0 radical (unpaired) electrons. The zero-order valence-electron chi connectivity index (χ0n) is 10.3. The van der Waals surface area contributed by atoms with Gasteiger partial charge in [0.2, 0.25) is 0 Å². The molecule has 15 heavy (non-hydrogen) atoms. The Balaban J connectivity index is 2.66. The van der Waals surface area contributed by atoms with Crippen LogP contribution in [0.3, 0.4) is 0 Å². The fraction of sp³-hybridized carbons (Fsp3) is 0.643. The molecule has 0 unspecified atom stereocenters. The van der Waals surface area contributed by atoms with Crippen molar-refractivity contribution in [2.45, 2.75) is 59.3 Å². The average Bonchev–Trinajstić information content (AvgIpc) is 2.23. The Morgan fingerprint density at radius 2 is 1.67 bits per heavy atom. The van der Waals surface area contributed by atoms with Crippen molar-refractivity contribution >= 4 is 0 Å². The highest BCUT2D eigenvalue weighted by atomic mass is 14.7. The van der Waals surface area contributed by atoms with Crippen molar-refractivity contribution < 1.29 is 0 Å². The first-order valence-corrected chi connectivity index (χ1v) is 6.22. The van der Waals surface area contributed by atoms with E-state index in [1.165, 1.54) is 49.1 Å². The molecule has 0 aliphatic rings. The molecule has 0 atom stereocenters. The second-order valence-corrected chi connectivity index (χ2v) is 4.32. The number of aryl methyl sites for hydroxylation is 3. The molecule has 0 aliphatic carbocycles. The minimum Gasteiger partial charge on any atom is -0.258 e. The van der Waals surface area contributed by atoms with Crippen LogP contribution >= 0.6 is 0 Å². The highest BCUT2D eigenvalue weighted by Crippen LogP contribution is 2.11. The van der Waals surface area contributed by atoms with Crippen LogP contribution in [0.4, 0.5) is 0 Å². The molecule has 0 spiro atoms. The summed E-state index contributed by atoms with van der Waals surface area (Å²) in [6, 6.07) is 4.52. The maximum Gasteiger partial charge on any atom is 0.0409 e. The van der Waals surface area contributed by atoms with Crippen LogP contribution in [0.25, 0.3) is 0 Å². The molecule has 0 fully saturated rings. The maximum absolute atomic E-state index is 4.58. The van der Waals surface area contributed by atoms with E-state index in [-0.39, 0.29) is 0 Å². The van der Waals surface area contributed by atoms with Crippen molar-refractivity contribution in [3.05, 3.63) is 29.1 Å². The topological polar surface area (TPSA) is 12.9 Å². The van der Waals surface area contributed by atoms with Crippen LogP contribution in [0, 0.1) is 6.92 Å². The van der Waals surface area contributed by atoms with E-state index in [0.717, 1.165) is 6.42 Å². The lowest BCUT2D eigenvalue weighted by atomic mass is 10.1. The minimum absolute atomic E-state index is 1.14. The molecular weight excluding hydrogens is 182 g/mol. The van der Waals surface area contributed by atoms with Crippen molar-refractivity contribution in [2.75, 3.05) is 0 Å². The van der Waals surface area contributed by atoms with Crippen LogP contribution in [0.15, 0.2) is 12.1 Å². The number of hydrogen-bond donors (Lipinski definition) is 0. The zero-order chi connectivity index (χ0) is 11.1. The second kappa shape index (κ2) is 6.60. The SMILES string of the molecule is CCCCc1cc(C)nc(CCCC)c1. The molecular formula is C14H23N. The van der Waals surface area contributed by atoms with Gasteiger partial charge in [-0.15, -0.1) is 0 Å². The first-order chi connectivity index (χ1) is 7.26. The van der Waals surface area contributed by atoms with Crippen molar-refractivity contribution in [3.63, 3.8) is 0 Å². The van der Waals surface area contributed by atoms with Crippen molar-refractivity contribution in [3.8, 4) is 0 Å². The maximum atomic E-state index is 4.58. The number of pyridine rings is 1. The molecule has 1 aromatic rings. The zero-order valence-corrected chi connectivity index (χ0v) is 10.3. The van der Waals surface area contributed by atoms with E-state index in [4.69, 9.17) is 0 Å². The lowest BCUT2D eigenvalue weighted by Crippen LogP contribution is -1.96. The van der Waals surface area contributed by atoms with Crippen LogP contribution in [-0.4, -0.2) is 4.98 Å². The molecule has 84 valence electrons. The molecule has 1 rings (SSSR count). The smallest absolute Gasteiger partial charge is 0.0409 e. The molecule has 0 N–H and O–H groups in total. The first kappa shape index (κ1) is 12.2. The summed E-state index contributed by atoms with van der Waals surface area (Å²) in [7, 11) is 0. The molecule has 1 heterocycles. The Hall–Kier alpha value is -0.850. The highest BCUT2D eigenvalue weighted by Gasteiger charge is 2.00. The van der Waals surface area contributed by atoms with Crippen LogP contribution in [0.5, 0.6) is 0 Å². The third kappa shape index (κ3) is 4.46. The highest BCUT2D eigenvalue weighted by molar-refractivity contribution is 5.21. The molecule has 0 bridgehead atoms. The van der Waals surface area contributed by atoms with E-state index in [1.807, 2.05) is 0 Å². The summed E-state index contributed by atoms with van der Waals surface area (Å²) in [6.07, 6.45) is 7.40. The third-order valence-electron chi connectivity index (χ3n) is 2.67. The Bertz CT molecular complexity index is 265. The molecule has 0 amide bonds. The monoisotopic (exact) mass is 205 g/mol. The van der Waals surface area contributed by atoms with Gasteiger partial charge in [0.15, 0.2) is 0 Å². The van der Waals surface area contributed by atoms with Gasteiger partial charge in [0.05, 0.1) is 0 Å². The van der Waals surface area contributed by atoms with Gasteiger partial charge in [-0.1, -0.05) is 26.7 Å². The van der Waals surface area contributed by atoms with Crippen LogP contribution in [0.1, 0.15) is 56.5 Å². The fourth-order valence-electron chi connectivity index (χ4n) is 1.83. The molecule has 0 saturated carbocycles. The fourth-order valence-corrected chi connectivity index (χ4v) is 1.83. The van der Waals surface area contributed by atoms with Gasteiger partial charge in [-0.05, 0) is 50.3 Å². The molecule has 0 aliphatic heterocycles. The van der Waals surface area contributed by atoms with Gasteiger partial charge in [0, 0.05) is 11.4 Å². The normalized spacial score (nSPS) is 10.6. The van der Waals surface area contributed by atoms with E-state index < -0.39 is 0 Å². The third-order valence-corrected chi connectivity index (χ3v) is 2.67. The lowest BCUT2D eigenvalue weighted by molar-refractivity contribution is 0.761. The summed E-state index contributed by atoms with van der Waals surface area (Å²) in [6.45, 7) is 6.57. The molecule has 0 saturated heterocycles. The van der Waals surface area contributed by atoms with E-state index in [2.05, 4.69) is 37.9 Å². The molecule has 0 aromatic carbocycles. The van der Waals surface area contributed by atoms with E-state index in [1.54, 1.807) is 0 Å². The standard InChI is InChI=1S/C14H23N/c1-4-6-8-13-10-12(3)15-14(11-13)9-7-5-2/h10-11H,4-9H2,1-3H3. The number of rotatable bonds is 6. The van der Waals surface area contributed by atoms with Gasteiger partial charge in [0.25, 0.3) is 0 Å². The number of hydrogen-bond acceptors (Lipinski definition) is 1. The average molecular weight is 205 g/mol. The first-order valence-electron chi connectivity index (χ1n) is 6.22. The Morgan fingerprint density at radius 1 is 1.00 bits per heavy atom.